The minimum atomic E-state index is 1.19. The molecule has 3 rings (SSSR count). The molecule has 0 bridgehead atoms. The molecule has 0 radical (unpaired) electrons. The predicted octanol–water partition coefficient (Wildman–Crippen LogP) is 3.85. The van der Waals surface area contributed by atoms with Gasteiger partial charge < -0.3 is 0 Å². The molecule has 0 atom stereocenters. The normalized spacial score (nSPS) is 13.1. The average molecular weight is 233 g/mol. The van der Waals surface area contributed by atoms with E-state index in [9.17, 15) is 0 Å². The zero-order chi connectivity index (χ0) is 12.5. The first-order chi connectivity index (χ1) is 8.81. The van der Waals surface area contributed by atoms with Crippen molar-refractivity contribution in [3.8, 4) is 0 Å². The summed E-state index contributed by atoms with van der Waals surface area (Å²) >= 11 is 0. The van der Waals surface area contributed by atoms with Crippen LogP contribution in [0.1, 0.15) is 12.5 Å². The van der Waals surface area contributed by atoms with Crippen molar-refractivity contribution in [2.24, 2.45) is 4.99 Å². The second-order valence-electron chi connectivity index (χ2n) is 4.53. The summed E-state index contributed by atoms with van der Waals surface area (Å²) < 4.78 is 0. The number of nitrogens with zero attached hydrogens (tertiary/aromatic N) is 1. The van der Waals surface area contributed by atoms with E-state index in [1.165, 1.54) is 32.3 Å². The summed E-state index contributed by atoms with van der Waals surface area (Å²) in [5, 5.41) is 6.44. The summed E-state index contributed by atoms with van der Waals surface area (Å²) in [6.45, 7) is 4.10. The van der Waals surface area contributed by atoms with Gasteiger partial charge in [-0.25, -0.2) is 0 Å². The third-order valence-electron chi connectivity index (χ3n) is 3.38. The molecule has 0 saturated heterocycles. The zero-order valence-corrected chi connectivity index (χ0v) is 10.6. The zero-order valence-electron chi connectivity index (χ0n) is 10.6. The van der Waals surface area contributed by atoms with Gasteiger partial charge in [-0.05, 0) is 41.0 Å². The van der Waals surface area contributed by atoms with Gasteiger partial charge in [-0.15, -0.1) is 0 Å². The summed E-state index contributed by atoms with van der Waals surface area (Å²) in [6.07, 6.45) is 3.75. The van der Waals surface area contributed by atoms with Crippen molar-refractivity contribution >= 4 is 34.0 Å². The fourth-order valence-corrected chi connectivity index (χ4v) is 2.55. The van der Waals surface area contributed by atoms with E-state index in [0.29, 0.717) is 0 Å². The Balaban J connectivity index is 2.59. The molecule has 0 spiro atoms. The molecule has 0 aliphatic carbocycles. The average Bonchev–Trinajstić information content (AvgIpc) is 2.41. The molecule has 88 valence electrons. The fourth-order valence-electron chi connectivity index (χ4n) is 2.55. The Morgan fingerprint density at radius 2 is 1.61 bits per heavy atom. The molecule has 3 aromatic rings. The van der Waals surface area contributed by atoms with Crippen LogP contribution in [0.25, 0.3) is 27.7 Å². The Hall–Kier alpha value is -2.15. The topological polar surface area (TPSA) is 12.4 Å². The van der Waals surface area contributed by atoms with Crippen LogP contribution in [0.4, 0.5) is 0 Å². The largest absolute Gasteiger partial charge is 0.269 e. The van der Waals surface area contributed by atoms with Crippen molar-refractivity contribution in [1.29, 1.82) is 0 Å². The van der Waals surface area contributed by atoms with Crippen LogP contribution in [0, 0.1) is 6.92 Å². The van der Waals surface area contributed by atoms with Gasteiger partial charge in [0.15, 0.2) is 0 Å². The Bertz CT molecular complexity index is 781. The van der Waals surface area contributed by atoms with Gasteiger partial charge in [0.2, 0.25) is 0 Å². The molecular weight excluding hydrogens is 218 g/mol. The van der Waals surface area contributed by atoms with Crippen molar-refractivity contribution in [3.05, 3.63) is 53.2 Å². The fraction of sp³-hybridized carbons (Fsp3) is 0.118. The minimum Gasteiger partial charge on any atom is -0.269 e. The maximum absolute atomic E-state index is 4.26. The summed E-state index contributed by atoms with van der Waals surface area (Å²) in [7, 11) is 0. The summed E-state index contributed by atoms with van der Waals surface area (Å²) in [4.78, 5) is 4.26. The van der Waals surface area contributed by atoms with Crippen LogP contribution in [0.15, 0.2) is 47.5 Å². The summed E-state index contributed by atoms with van der Waals surface area (Å²) in [5.41, 5.74) is 1.30. The van der Waals surface area contributed by atoms with Gasteiger partial charge in [0.05, 0.1) is 0 Å². The second kappa shape index (κ2) is 4.26. The molecule has 1 heteroatoms. The smallest absolute Gasteiger partial charge is 0.0342 e. The van der Waals surface area contributed by atoms with E-state index in [1.54, 1.807) is 0 Å². The van der Waals surface area contributed by atoms with Gasteiger partial charge in [-0.3, -0.25) is 4.99 Å². The Morgan fingerprint density at radius 1 is 0.889 bits per heavy atom. The monoisotopic (exact) mass is 233 g/mol. The van der Waals surface area contributed by atoms with Crippen LogP contribution in [-0.4, -0.2) is 6.21 Å². The highest BCUT2D eigenvalue weighted by molar-refractivity contribution is 6.11. The number of aliphatic imine (C=N–C) groups is 1. The van der Waals surface area contributed by atoms with Crippen LogP contribution in [0.5, 0.6) is 0 Å². The van der Waals surface area contributed by atoms with E-state index < -0.39 is 0 Å². The molecular formula is C17H15N. The lowest BCUT2D eigenvalue weighted by molar-refractivity contribution is 1.51. The second-order valence-corrected chi connectivity index (χ2v) is 4.53. The van der Waals surface area contributed by atoms with E-state index in [0.717, 1.165) is 0 Å². The molecule has 0 fully saturated rings. The van der Waals surface area contributed by atoms with E-state index in [2.05, 4.69) is 54.4 Å². The molecule has 0 N–H and O–H groups in total. The molecule has 0 unspecified atom stereocenters. The molecule has 0 aliphatic rings. The summed E-state index contributed by atoms with van der Waals surface area (Å²) in [5.74, 6) is 0. The molecule has 18 heavy (non-hydrogen) atoms. The van der Waals surface area contributed by atoms with E-state index in [-0.39, 0.29) is 0 Å². The van der Waals surface area contributed by atoms with E-state index in [1.807, 2.05) is 19.3 Å². The molecule has 3 aromatic carbocycles. The number of aryl methyl sites for hydroxylation is 1. The molecule has 0 saturated carbocycles. The molecule has 0 amide bonds. The highest BCUT2D eigenvalue weighted by atomic mass is 14.6. The van der Waals surface area contributed by atoms with Gasteiger partial charge in [0, 0.05) is 17.6 Å². The number of hydrogen-bond acceptors (Lipinski definition) is 1. The lowest BCUT2D eigenvalue weighted by Gasteiger charge is -2.08. The maximum Gasteiger partial charge on any atom is 0.0342 e. The van der Waals surface area contributed by atoms with Gasteiger partial charge in [0.1, 0.15) is 0 Å². The Kier molecular flexibility index (Phi) is 2.60. The first kappa shape index (κ1) is 11.0. The van der Waals surface area contributed by atoms with Gasteiger partial charge in [0.25, 0.3) is 0 Å². The number of hydrogen-bond donors (Lipinski definition) is 0. The summed E-state index contributed by atoms with van der Waals surface area (Å²) in [6, 6.07) is 15.1. The lowest BCUT2D eigenvalue weighted by atomic mass is 9.96. The van der Waals surface area contributed by atoms with Gasteiger partial charge >= 0.3 is 0 Å². The molecule has 0 aliphatic heterocycles. The van der Waals surface area contributed by atoms with Crippen LogP contribution in [0.2, 0.25) is 0 Å². The maximum atomic E-state index is 4.26. The van der Waals surface area contributed by atoms with E-state index in [4.69, 9.17) is 0 Å². The first-order valence-corrected chi connectivity index (χ1v) is 6.20. The lowest BCUT2D eigenvalue weighted by Crippen LogP contribution is -2.03. The van der Waals surface area contributed by atoms with Crippen LogP contribution in [-0.2, 0) is 0 Å². The van der Waals surface area contributed by atoms with Crippen molar-refractivity contribution < 1.29 is 0 Å². The predicted molar refractivity (Wildman–Crippen MR) is 80.0 cm³/mol. The molecule has 0 heterocycles. The number of benzene rings is 3. The Labute approximate surface area is 106 Å². The molecule has 1 nitrogen and oxygen atoms in total. The third kappa shape index (κ3) is 1.60. The van der Waals surface area contributed by atoms with Crippen molar-refractivity contribution in [1.82, 2.24) is 0 Å². The van der Waals surface area contributed by atoms with Crippen molar-refractivity contribution in [3.63, 3.8) is 0 Å². The van der Waals surface area contributed by atoms with Crippen LogP contribution in [0.3, 0.4) is 0 Å². The van der Waals surface area contributed by atoms with Crippen molar-refractivity contribution in [2.45, 2.75) is 13.8 Å². The van der Waals surface area contributed by atoms with Gasteiger partial charge in [-0.2, -0.15) is 0 Å². The highest BCUT2D eigenvalue weighted by Crippen LogP contribution is 2.26. The SMILES string of the molecule is C/C=N/C=c1/ccc2cccc3ccc(C)c1c32. The van der Waals surface area contributed by atoms with Crippen LogP contribution >= 0.6 is 0 Å². The number of rotatable bonds is 1. The van der Waals surface area contributed by atoms with Gasteiger partial charge in [-0.1, -0.05) is 42.5 Å². The minimum absolute atomic E-state index is 1.19. The van der Waals surface area contributed by atoms with Crippen molar-refractivity contribution in [2.75, 3.05) is 0 Å². The van der Waals surface area contributed by atoms with E-state index >= 15 is 0 Å². The Morgan fingerprint density at radius 3 is 2.33 bits per heavy atom. The first-order valence-electron chi connectivity index (χ1n) is 6.20. The van der Waals surface area contributed by atoms with Crippen LogP contribution < -0.4 is 5.22 Å². The molecule has 0 aromatic heterocycles. The quantitative estimate of drug-likeness (QED) is 0.566. The third-order valence-corrected chi connectivity index (χ3v) is 3.38. The standard InChI is InChI=1S/C17H15N/c1-3-18-11-15-10-9-14-6-4-5-13-8-7-12(2)16(15)17(13)14/h3-11H,1-2H3/b15-11-,18-3+. The highest BCUT2D eigenvalue weighted by Gasteiger charge is 2.04.